The molecular formula is C16H25N3. The Morgan fingerprint density at radius 2 is 1.84 bits per heavy atom. The van der Waals surface area contributed by atoms with Crippen molar-refractivity contribution in [2.45, 2.75) is 44.6 Å². The fourth-order valence-corrected chi connectivity index (χ4v) is 5.61. The van der Waals surface area contributed by atoms with Gasteiger partial charge in [0.2, 0.25) is 0 Å². The second kappa shape index (κ2) is 4.34. The van der Waals surface area contributed by atoms with Crippen molar-refractivity contribution in [1.29, 1.82) is 0 Å². The van der Waals surface area contributed by atoms with Crippen molar-refractivity contribution in [1.82, 2.24) is 9.55 Å². The van der Waals surface area contributed by atoms with Gasteiger partial charge in [-0.3, -0.25) is 0 Å². The standard InChI is InChI=1S/C16H25N3/c1-19-3-2-18-15(19)9-14(17)16-12-5-10-4-11(7-12)8-13(16)6-10/h2-3,10-14,16H,4-9,17H2,1H3. The van der Waals surface area contributed by atoms with Crippen LogP contribution in [-0.4, -0.2) is 15.6 Å². The fraction of sp³-hybridized carbons (Fsp3) is 0.812. The number of imidazole rings is 1. The Kier molecular flexibility index (Phi) is 2.73. The van der Waals surface area contributed by atoms with Gasteiger partial charge in [-0.25, -0.2) is 4.98 Å². The Balaban J connectivity index is 1.51. The molecule has 0 amide bonds. The summed E-state index contributed by atoms with van der Waals surface area (Å²) in [4.78, 5) is 4.45. The SMILES string of the molecule is Cn1ccnc1CC(N)C1C2CC3CC(C2)CC1C3. The summed E-state index contributed by atoms with van der Waals surface area (Å²) in [6.45, 7) is 0. The molecule has 4 bridgehead atoms. The van der Waals surface area contributed by atoms with Gasteiger partial charge in [0.15, 0.2) is 0 Å². The topological polar surface area (TPSA) is 43.8 Å². The van der Waals surface area contributed by atoms with Gasteiger partial charge in [0.05, 0.1) is 0 Å². The van der Waals surface area contributed by atoms with Gasteiger partial charge in [-0.15, -0.1) is 0 Å². The lowest BCUT2D eigenvalue weighted by Crippen LogP contribution is -2.52. The second-order valence-corrected chi connectivity index (χ2v) is 7.33. The number of hydrogen-bond acceptors (Lipinski definition) is 2. The van der Waals surface area contributed by atoms with E-state index < -0.39 is 0 Å². The average Bonchev–Trinajstić information content (AvgIpc) is 2.73. The van der Waals surface area contributed by atoms with Gasteiger partial charge in [-0.05, 0) is 61.7 Å². The minimum atomic E-state index is 0.316. The summed E-state index contributed by atoms with van der Waals surface area (Å²) >= 11 is 0. The lowest BCUT2D eigenvalue weighted by Gasteiger charge is -2.56. The molecule has 19 heavy (non-hydrogen) atoms. The molecule has 1 unspecified atom stereocenters. The van der Waals surface area contributed by atoms with Crippen LogP contribution in [0, 0.1) is 29.6 Å². The summed E-state index contributed by atoms with van der Waals surface area (Å²) in [6.07, 6.45) is 12.2. The van der Waals surface area contributed by atoms with E-state index in [1.165, 1.54) is 32.1 Å². The largest absolute Gasteiger partial charge is 0.338 e. The van der Waals surface area contributed by atoms with E-state index in [1.807, 2.05) is 12.4 Å². The molecule has 1 heterocycles. The summed E-state index contributed by atoms with van der Waals surface area (Å²) in [5.41, 5.74) is 6.61. The van der Waals surface area contributed by atoms with Crippen molar-refractivity contribution in [2.75, 3.05) is 0 Å². The highest BCUT2D eigenvalue weighted by Crippen LogP contribution is 2.57. The van der Waals surface area contributed by atoms with Crippen LogP contribution in [-0.2, 0) is 13.5 Å². The van der Waals surface area contributed by atoms with Gasteiger partial charge in [-0.1, -0.05) is 0 Å². The Labute approximate surface area is 115 Å². The predicted octanol–water partition coefficient (Wildman–Crippen LogP) is 2.36. The normalized spacial score (nSPS) is 41.7. The maximum atomic E-state index is 6.61. The highest BCUT2D eigenvalue weighted by atomic mass is 15.0. The van der Waals surface area contributed by atoms with Crippen LogP contribution in [0.3, 0.4) is 0 Å². The Morgan fingerprint density at radius 1 is 1.21 bits per heavy atom. The van der Waals surface area contributed by atoms with Crippen molar-refractivity contribution in [3.63, 3.8) is 0 Å². The molecule has 0 spiro atoms. The first-order chi connectivity index (χ1) is 9.20. The zero-order valence-corrected chi connectivity index (χ0v) is 11.8. The third kappa shape index (κ3) is 1.94. The molecule has 4 aliphatic carbocycles. The number of nitrogens with two attached hydrogens (primary N) is 1. The average molecular weight is 259 g/mol. The predicted molar refractivity (Wildman–Crippen MR) is 75.4 cm³/mol. The second-order valence-electron chi connectivity index (χ2n) is 7.33. The van der Waals surface area contributed by atoms with Crippen molar-refractivity contribution >= 4 is 0 Å². The Hall–Kier alpha value is -0.830. The van der Waals surface area contributed by atoms with E-state index in [-0.39, 0.29) is 0 Å². The molecule has 3 heteroatoms. The van der Waals surface area contributed by atoms with Gasteiger partial charge in [-0.2, -0.15) is 0 Å². The van der Waals surface area contributed by atoms with E-state index in [2.05, 4.69) is 16.6 Å². The molecule has 0 aromatic carbocycles. The maximum Gasteiger partial charge on any atom is 0.109 e. The van der Waals surface area contributed by atoms with Crippen molar-refractivity contribution < 1.29 is 0 Å². The third-order valence-electron chi connectivity index (χ3n) is 6.13. The van der Waals surface area contributed by atoms with Crippen LogP contribution in [0.4, 0.5) is 0 Å². The summed E-state index contributed by atoms with van der Waals surface area (Å²) in [6, 6.07) is 0.316. The third-order valence-corrected chi connectivity index (χ3v) is 6.13. The molecule has 5 rings (SSSR count). The molecule has 1 atom stereocenters. The molecule has 3 nitrogen and oxygen atoms in total. The maximum absolute atomic E-state index is 6.61. The number of rotatable bonds is 3. The van der Waals surface area contributed by atoms with Gasteiger partial charge in [0.25, 0.3) is 0 Å². The lowest BCUT2D eigenvalue weighted by molar-refractivity contribution is -0.0467. The van der Waals surface area contributed by atoms with Crippen molar-refractivity contribution in [2.24, 2.45) is 42.4 Å². The van der Waals surface area contributed by atoms with Crippen molar-refractivity contribution in [3.05, 3.63) is 18.2 Å². The molecule has 0 saturated heterocycles. The number of aromatic nitrogens is 2. The van der Waals surface area contributed by atoms with E-state index in [1.54, 1.807) is 0 Å². The van der Waals surface area contributed by atoms with E-state index in [0.717, 1.165) is 41.8 Å². The summed E-state index contributed by atoms with van der Waals surface area (Å²) in [5, 5.41) is 0. The van der Waals surface area contributed by atoms with Crippen LogP contribution in [0.5, 0.6) is 0 Å². The molecule has 104 valence electrons. The number of nitrogens with zero attached hydrogens (tertiary/aromatic N) is 2. The van der Waals surface area contributed by atoms with E-state index >= 15 is 0 Å². The number of hydrogen-bond donors (Lipinski definition) is 1. The van der Waals surface area contributed by atoms with Gasteiger partial charge in [0, 0.05) is 31.9 Å². The summed E-state index contributed by atoms with van der Waals surface area (Å²) in [7, 11) is 2.08. The molecule has 0 radical (unpaired) electrons. The minimum Gasteiger partial charge on any atom is -0.338 e. The summed E-state index contributed by atoms with van der Waals surface area (Å²) < 4.78 is 2.12. The smallest absolute Gasteiger partial charge is 0.109 e. The van der Waals surface area contributed by atoms with Gasteiger partial charge in [0.1, 0.15) is 5.82 Å². The van der Waals surface area contributed by atoms with Crippen LogP contribution in [0.2, 0.25) is 0 Å². The first kappa shape index (κ1) is 12.0. The van der Waals surface area contributed by atoms with E-state index in [0.29, 0.717) is 6.04 Å². The van der Waals surface area contributed by atoms with Crippen molar-refractivity contribution in [3.8, 4) is 0 Å². The molecule has 1 aromatic heterocycles. The van der Waals surface area contributed by atoms with E-state index in [4.69, 9.17) is 5.73 Å². The van der Waals surface area contributed by atoms with Gasteiger partial charge >= 0.3 is 0 Å². The molecular weight excluding hydrogens is 234 g/mol. The molecule has 1 aromatic rings. The van der Waals surface area contributed by atoms with Crippen LogP contribution < -0.4 is 5.73 Å². The quantitative estimate of drug-likeness (QED) is 0.905. The summed E-state index contributed by atoms with van der Waals surface area (Å²) in [5.74, 6) is 5.85. The Morgan fingerprint density at radius 3 is 2.37 bits per heavy atom. The molecule has 2 N–H and O–H groups in total. The first-order valence-corrected chi connectivity index (χ1v) is 7.92. The minimum absolute atomic E-state index is 0.316. The van der Waals surface area contributed by atoms with Crippen LogP contribution >= 0.6 is 0 Å². The zero-order chi connectivity index (χ0) is 13.0. The van der Waals surface area contributed by atoms with Gasteiger partial charge < -0.3 is 10.3 Å². The van der Waals surface area contributed by atoms with E-state index in [9.17, 15) is 0 Å². The monoisotopic (exact) mass is 259 g/mol. The molecule has 4 saturated carbocycles. The van der Waals surface area contributed by atoms with Crippen LogP contribution in [0.25, 0.3) is 0 Å². The number of aryl methyl sites for hydroxylation is 1. The fourth-order valence-electron chi connectivity index (χ4n) is 5.61. The first-order valence-electron chi connectivity index (χ1n) is 7.92. The van der Waals surface area contributed by atoms with Crippen LogP contribution in [0.1, 0.15) is 37.9 Å². The molecule has 4 aliphatic rings. The lowest BCUT2D eigenvalue weighted by atomic mass is 9.50. The van der Waals surface area contributed by atoms with Crippen LogP contribution in [0.15, 0.2) is 12.4 Å². The highest BCUT2D eigenvalue weighted by Gasteiger charge is 2.49. The zero-order valence-electron chi connectivity index (χ0n) is 11.8. The highest BCUT2D eigenvalue weighted by molar-refractivity contribution is 5.04. The Bertz CT molecular complexity index is 436. The molecule has 4 fully saturated rings. The molecule has 0 aliphatic heterocycles.